The minimum Gasteiger partial charge on any atom is -0.507 e. The number of hydrogen-bond acceptors (Lipinski definition) is 4. The third kappa shape index (κ3) is 4.39. The predicted molar refractivity (Wildman–Crippen MR) is 119 cm³/mol. The van der Waals surface area contributed by atoms with Gasteiger partial charge in [-0.1, -0.05) is 67.6 Å². The van der Waals surface area contributed by atoms with Crippen LogP contribution in [0, 0.1) is 18.3 Å². The van der Waals surface area contributed by atoms with Crippen LogP contribution in [0.5, 0.6) is 0 Å². The highest BCUT2D eigenvalue weighted by Crippen LogP contribution is 2.29. The molecule has 3 rings (SSSR count). The van der Waals surface area contributed by atoms with Gasteiger partial charge in [-0.2, -0.15) is 5.26 Å². The summed E-state index contributed by atoms with van der Waals surface area (Å²) in [6, 6.07) is 20.6. The van der Waals surface area contributed by atoms with Crippen LogP contribution in [0.1, 0.15) is 46.1 Å². The van der Waals surface area contributed by atoms with Gasteiger partial charge in [-0.05, 0) is 18.9 Å². The lowest BCUT2D eigenvalue weighted by Crippen LogP contribution is -2.26. The number of carbonyl (C=O) groups excluding carboxylic acids is 1. The molecule has 0 fully saturated rings. The number of rotatable bonds is 6. The molecule has 1 amide bonds. The highest BCUT2D eigenvalue weighted by Gasteiger charge is 2.22. The smallest absolute Gasteiger partial charge is 0.253 e. The first-order valence-corrected chi connectivity index (χ1v) is 9.81. The summed E-state index contributed by atoms with van der Waals surface area (Å²) in [7, 11) is 0. The number of aromatic nitrogens is 1. The van der Waals surface area contributed by atoms with Crippen LogP contribution < -0.4 is 5.32 Å². The van der Waals surface area contributed by atoms with E-state index in [1.807, 2.05) is 55.5 Å². The molecule has 5 nitrogen and oxygen atoms in total. The molecule has 5 heteroatoms. The van der Waals surface area contributed by atoms with E-state index in [9.17, 15) is 15.2 Å². The normalized spacial score (nSPS) is 11.0. The Hall–Kier alpha value is -3.91. The van der Waals surface area contributed by atoms with Crippen LogP contribution in [0.15, 0.2) is 60.7 Å². The number of benzene rings is 2. The van der Waals surface area contributed by atoms with Gasteiger partial charge in [0.05, 0.1) is 22.5 Å². The van der Waals surface area contributed by atoms with Crippen molar-refractivity contribution < 1.29 is 9.90 Å². The summed E-state index contributed by atoms with van der Waals surface area (Å²) in [5.41, 5.74) is 3.36. The van der Waals surface area contributed by atoms with Crippen molar-refractivity contribution in [2.75, 3.05) is 6.54 Å². The molecule has 0 unspecified atom stereocenters. The highest BCUT2D eigenvalue weighted by atomic mass is 16.3. The van der Waals surface area contributed by atoms with Crippen molar-refractivity contribution in [1.29, 1.82) is 5.26 Å². The third-order valence-corrected chi connectivity index (χ3v) is 4.74. The van der Waals surface area contributed by atoms with Gasteiger partial charge in [0, 0.05) is 23.7 Å². The number of amides is 1. The van der Waals surface area contributed by atoms with Gasteiger partial charge in [-0.25, -0.2) is 4.98 Å². The molecule has 2 N–H and O–H groups in total. The Morgan fingerprint density at radius 3 is 2.37 bits per heavy atom. The van der Waals surface area contributed by atoms with E-state index < -0.39 is 0 Å². The average molecular weight is 397 g/mol. The Morgan fingerprint density at radius 1 is 1.13 bits per heavy atom. The fraction of sp³-hybridized carbons (Fsp3) is 0.160. The number of nitrogens with zero attached hydrogens (tertiary/aromatic N) is 2. The molecule has 0 aliphatic carbocycles. The number of nitrogens with one attached hydrogen (secondary N) is 1. The molecule has 30 heavy (non-hydrogen) atoms. The maximum atomic E-state index is 12.9. The predicted octanol–water partition coefficient (Wildman–Crippen LogP) is 5.12. The Morgan fingerprint density at radius 2 is 1.77 bits per heavy atom. The molecule has 1 aromatic heterocycles. The van der Waals surface area contributed by atoms with Crippen LogP contribution in [-0.4, -0.2) is 22.5 Å². The van der Waals surface area contributed by atoms with Crippen LogP contribution in [0.2, 0.25) is 0 Å². The van der Waals surface area contributed by atoms with Crippen molar-refractivity contribution in [2.45, 2.75) is 20.3 Å². The zero-order chi connectivity index (χ0) is 21.5. The number of nitriles is 1. The van der Waals surface area contributed by atoms with E-state index in [0.717, 1.165) is 12.0 Å². The molecule has 150 valence electrons. The molecule has 0 spiro atoms. The van der Waals surface area contributed by atoms with Gasteiger partial charge >= 0.3 is 0 Å². The summed E-state index contributed by atoms with van der Waals surface area (Å²) in [4.78, 5) is 17.6. The van der Waals surface area contributed by atoms with E-state index in [0.29, 0.717) is 40.2 Å². The molecule has 2 aromatic carbocycles. The topological polar surface area (TPSA) is 86.0 Å². The fourth-order valence-corrected chi connectivity index (χ4v) is 3.21. The molecule has 0 bridgehead atoms. The summed E-state index contributed by atoms with van der Waals surface area (Å²) < 4.78 is 0. The lowest BCUT2D eigenvalue weighted by atomic mass is 9.95. The van der Waals surface area contributed by atoms with E-state index in [1.165, 1.54) is 6.08 Å². The second kappa shape index (κ2) is 9.53. The van der Waals surface area contributed by atoms with Crippen LogP contribution >= 0.6 is 0 Å². The van der Waals surface area contributed by atoms with Crippen molar-refractivity contribution >= 4 is 17.7 Å². The first-order chi connectivity index (χ1) is 14.6. The highest BCUT2D eigenvalue weighted by molar-refractivity contribution is 6.01. The van der Waals surface area contributed by atoms with Crippen LogP contribution in [0.4, 0.5) is 0 Å². The van der Waals surface area contributed by atoms with Gasteiger partial charge in [-0.15, -0.1) is 0 Å². The molecule has 3 aromatic rings. The summed E-state index contributed by atoms with van der Waals surface area (Å²) in [6.07, 6.45) is 2.27. The number of aliphatic hydroxyl groups excluding tert-OH is 1. The van der Waals surface area contributed by atoms with Gasteiger partial charge in [0.25, 0.3) is 5.91 Å². The molecular weight excluding hydrogens is 374 g/mol. The Bertz CT molecular complexity index is 1110. The van der Waals surface area contributed by atoms with Gasteiger partial charge in [0.15, 0.2) is 0 Å². The number of pyridine rings is 1. The van der Waals surface area contributed by atoms with Crippen molar-refractivity contribution in [3.8, 4) is 17.3 Å². The second-order valence-corrected chi connectivity index (χ2v) is 6.85. The Kier molecular flexibility index (Phi) is 6.61. The Balaban J connectivity index is 2.25. The van der Waals surface area contributed by atoms with E-state index in [-0.39, 0.29) is 11.7 Å². The minimum atomic E-state index is -0.315. The maximum absolute atomic E-state index is 12.9. The minimum absolute atomic E-state index is 0.00393. The number of hydrogen-bond donors (Lipinski definition) is 2. The van der Waals surface area contributed by atoms with Crippen molar-refractivity contribution in [3.63, 3.8) is 0 Å². The summed E-state index contributed by atoms with van der Waals surface area (Å²) in [6.45, 7) is 4.21. The van der Waals surface area contributed by atoms with Crippen LogP contribution in [-0.2, 0) is 0 Å². The zero-order valence-corrected chi connectivity index (χ0v) is 17.0. The summed E-state index contributed by atoms with van der Waals surface area (Å²) in [5.74, 6) is -0.319. The van der Waals surface area contributed by atoms with E-state index >= 15 is 0 Å². The largest absolute Gasteiger partial charge is 0.507 e. The molecule has 0 atom stereocenters. The SMILES string of the molecule is CCCNC(=O)c1c(C=C(O)c2ccccc2)nc(-c2ccccc2)c(C#N)c1C. The van der Waals surface area contributed by atoms with Gasteiger partial charge in [0.1, 0.15) is 11.8 Å². The standard InChI is InChI=1S/C25H23N3O2/c1-3-14-27-25(30)23-17(2)20(16-26)24(19-12-8-5-9-13-19)28-21(23)15-22(29)18-10-6-4-7-11-18/h4-13,15,29H,3,14H2,1-2H3,(H,27,30). The molecular formula is C25H23N3O2. The lowest BCUT2D eigenvalue weighted by molar-refractivity contribution is 0.0952. The molecule has 0 saturated carbocycles. The molecule has 0 aliphatic rings. The van der Waals surface area contributed by atoms with Crippen LogP contribution in [0.3, 0.4) is 0 Å². The third-order valence-electron chi connectivity index (χ3n) is 4.74. The van der Waals surface area contributed by atoms with Crippen molar-refractivity contribution in [2.24, 2.45) is 0 Å². The van der Waals surface area contributed by atoms with E-state index in [2.05, 4.69) is 16.4 Å². The van der Waals surface area contributed by atoms with Gasteiger partial charge in [0.2, 0.25) is 0 Å². The maximum Gasteiger partial charge on any atom is 0.253 e. The fourth-order valence-electron chi connectivity index (χ4n) is 3.21. The van der Waals surface area contributed by atoms with E-state index in [4.69, 9.17) is 0 Å². The van der Waals surface area contributed by atoms with Gasteiger partial charge in [-0.3, -0.25) is 4.79 Å². The zero-order valence-electron chi connectivity index (χ0n) is 17.0. The molecule has 0 saturated heterocycles. The number of aliphatic hydroxyl groups is 1. The molecule has 1 heterocycles. The van der Waals surface area contributed by atoms with E-state index in [1.54, 1.807) is 19.1 Å². The van der Waals surface area contributed by atoms with Crippen molar-refractivity contribution in [1.82, 2.24) is 10.3 Å². The quantitative estimate of drug-likeness (QED) is 0.565. The second-order valence-electron chi connectivity index (χ2n) is 6.85. The lowest BCUT2D eigenvalue weighted by Gasteiger charge is -2.15. The summed E-state index contributed by atoms with van der Waals surface area (Å²) >= 11 is 0. The van der Waals surface area contributed by atoms with Crippen molar-refractivity contribution in [3.05, 3.63) is 88.6 Å². The Labute approximate surface area is 176 Å². The number of carbonyl (C=O) groups is 1. The van der Waals surface area contributed by atoms with Crippen LogP contribution in [0.25, 0.3) is 23.1 Å². The monoisotopic (exact) mass is 397 g/mol. The molecule has 0 radical (unpaired) electrons. The first-order valence-electron chi connectivity index (χ1n) is 9.81. The average Bonchev–Trinajstić information content (AvgIpc) is 2.78. The molecule has 0 aliphatic heterocycles. The summed E-state index contributed by atoms with van der Waals surface area (Å²) in [5, 5.41) is 23.3. The van der Waals surface area contributed by atoms with Gasteiger partial charge < -0.3 is 10.4 Å². The first kappa shape index (κ1) is 20.8.